The van der Waals surface area contributed by atoms with Gasteiger partial charge in [-0.2, -0.15) is 13.2 Å². The summed E-state index contributed by atoms with van der Waals surface area (Å²) in [6.07, 6.45) is -4.82. The molecule has 7 heteroatoms. The lowest BCUT2D eigenvalue weighted by molar-refractivity contribution is -0.388. The molecule has 0 amide bonds. The molecule has 134 valence electrons. The molecule has 0 fully saturated rings. The molecule has 0 bridgehead atoms. The minimum absolute atomic E-state index is 0.0797. The van der Waals surface area contributed by atoms with Crippen LogP contribution in [0.15, 0.2) is 42.5 Å². The smallest absolute Gasteiger partial charge is 0.423 e. The minimum atomic E-state index is -4.82. The van der Waals surface area contributed by atoms with E-state index >= 15 is 0 Å². The van der Waals surface area contributed by atoms with Crippen molar-refractivity contribution in [3.8, 4) is 5.75 Å². The van der Waals surface area contributed by atoms with Gasteiger partial charge in [0.1, 0.15) is 17.9 Å². The summed E-state index contributed by atoms with van der Waals surface area (Å²) in [6, 6.07) is 10.7. The summed E-state index contributed by atoms with van der Waals surface area (Å²) in [4.78, 5) is 10.1. The summed E-state index contributed by atoms with van der Waals surface area (Å²) in [6.45, 7) is 5.28. The summed E-state index contributed by atoms with van der Waals surface area (Å²) < 4.78 is 45.3. The Hall–Kier alpha value is -2.57. The van der Waals surface area contributed by atoms with E-state index in [1.54, 1.807) is 45.0 Å². The third kappa shape index (κ3) is 4.49. The number of nitro benzene ring substituents is 1. The molecule has 0 aliphatic carbocycles. The molecule has 0 spiro atoms. The van der Waals surface area contributed by atoms with E-state index in [9.17, 15) is 23.3 Å². The van der Waals surface area contributed by atoms with Gasteiger partial charge in [-0.15, -0.1) is 0 Å². The van der Waals surface area contributed by atoms with Crippen molar-refractivity contribution in [3.05, 3.63) is 69.3 Å². The van der Waals surface area contributed by atoms with Crippen molar-refractivity contribution in [3.63, 3.8) is 0 Å². The van der Waals surface area contributed by atoms with Gasteiger partial charge in [-0.1, -0.05) is 51.1 Å². The van der Waals surface area contributed by atoms with Crippen molar-refractivity contribution in [1.82, 2.24) is 0 Å². The van der Waals surface area contributed by atoms with E-state index in [4.69, 9.17) is 4.74 Å². The Morgan fingerprint density at radius 2 is 1.64 bits per heavy atom. The number of rotatable bonds is 4. The average molecular weight is 353 g/mol. The van der Waals surface area contributed by atoms with Crippen molar-refractivity contribution in [2.45, 2.75) is 39.0 Å². The lowest BCUT2D eigenvalue weighted by atomic mass is 9.85. The summed E-state index contributed by atoms with van der Waals surface area (Å²) in [7, 11) is 0. The van der Waals surface area contributed by atoms with Crippen LogP contribution in [0, 0.1) is 10.1 Å². The minimum Gasteiger partial charge on any atom is -0.488 e. The van der Waals surface area contributed by atoms with E-state index in [0.29, 0.717) is 0 Å². The first-order valence-electron chi connectivity index (χ1n) is 7.57. The van der Waals surface area contributed by atoms with E-state index in [1.807, 2.05) is 6.07 Å². The fraction of sp³-hybridized carbons (Fsp3) is 0.333. The Labute approximate surface area is 143 Å². The first-order chi connectivity index (χ1) is 11.5. The predicted octanol–water partition coefficient (Wildman–Crippen LogP) is 5.49. The lowest BCUT2D eigenvalue weighted by Crippen LogP contribution is -2.17. The highest BCUT2D eigenvalue weighted by Crippen LogP contribution is 2.43. The monoisotopic (exact) mass is 353 g/mol. The van der Waals surface area contributed by atoms with Crippen LogP contribution >= 0.6 is 0 Å². The fourth-order valence-electron chi connectivity index (χ4n) is 2.39. The second-order valence-electron chi connectivity index (χ2n) is 6.64. The molecule has 2 aromatic rings. The second kappa shape index (κ2) is 6.74. The van der Waals surface area contributed by atoms with E-state index in [2.05, 4.69) is 0 Å². The number of nitro groups is 1. The Balaban J connectivity index is 2.53. The maximum atomic E-state index is 13.2. The van der Waals surface area contributed by atoms with Crippen LogP contribution in [0.5, 0.6) is 5.75 Å². The van der Waals surface area contributed by atoms with E-state index in [1.165, 1.54) is 0 Å². The van der Waals surface area contributed by atoms with Gasteiger partial charge in [-0.25, -0.2) is 0 Å². The molecular formula is C18H18F3NO3. The summed E-state index contributed by atoms with van der Waals surface area (Å²) >= 11 is 0. The van der Waals surface area contributed by atoms with E-state index in [-0.39, 0.29) is 17.9 Å². The van der Waals surface area contributed by atoms with Crippen LogP contribution in [0.1, 0.15) is 37.5 Å². The van der Waals surface area contributed by atoms with Gasteiger partial charge >= 0.3 is 6.18 Å². The molecule has 25 heavy (non-hydrogen) atoms. The molecule has 0 unspecified atom stereocenters. The van der Waals surface area contributed by atoms with Gasteiger partial charge in [0.15, 0.2) is 0 Å². The number of hydrogen-bond acceptors (Lipinski definition) is 3. The molecule has 0 atom stereocenters. The van der Waals surface area contributed by atoms with Crippen LogP contribution in [0.4, 0.5) is 18.9 Å². The molecule has 0 N–H and O–H groups in total. The molecule has 0 saturated carbocycles. The van der Waals surface area contributed by atoms with Crippen LogP contribution in [0.25, 0.3) is 0 Å². The number of ether oxygens (including phenoxy) is 1. The lowest BCUT2D eigenvalue weighted by Gasteiger charge is -2.24. The van der Waals surface area contributed by atoms with Gasteiger partial charge in [-0.05, 0) is 17.0 Å². The van der Waals surface area contributed by atoms with Crippen molar-refractivity contribution < 1.29 is 22.8 Å². The zero-order valence-corrected chi connectivity index (χ0v) is 14.1. The molecule has 4 nitrogen and oxygen atoms in total. The van der Waals surface area contributed by atoms with Crippen molar-refractivity contribution in [2.24, 2.45) is 0 Å². The zero-order valence-electron chi connectivity index (χ0n) is 14.1. The van der Waals surface area contributed by atoms with Crippen LogP contribution in [0.2, 0.25) is 0 Å². The first-order valence-corrected chi connectivity index (χ1v) is 7.57. The van der Waals surface area contributed by atoms with Crippen LogP contribution < -0.4 is 4.74 Å². The summed E-state index contributed by atoms with van der Waals surface area (Å²) in [5.41, 5.74) is -1.88. The van der Waals surface area contributed by atoms with E-state index in [0.717, 1.165) is 17.7 Å². The van der Waals surface area contributed by atoms with Gasteiger partial charge in [0.2, 0.25) is 0 Å². The van der Waals surface area contributed by atoms with Crippen molar-refractivity contribution in [2.75, 3.05) is 0 Å². The molecule has 0 radical (unpaired) electrons. The Bertz CT molecular complexity index is 766. The maximum Gasteiger partial charge on any atom is 0.423 e. The normalized spacial score (nSPS) is 12.1. The Kier molecular flexibility index (Phi) is 5.06. The maximum absolute atomic E-state index is 13.2. The number of alkyl halides is 3. The largest absolute Gasteiger partial charge is 0.488 e. The number of hydrogen-bond donors (Lipinski definition) is 0. The molecule has 0 aliphatic heterocycles. The second-order valence-corrected chi connectivity index (χ2v) is 6.64. The van der Waals surface area contributed by atoms with Gasteiger partial charge in [0, 0.05) is 5.56 Å². The fourth-order valence-corrected chi connectivity index (χ4v) is 2.39. The first kappa shape index (κ1) is 18.8. The van der Waals surface area contributed by atoms with Gasteiger partial charge in [0.25, 0.3) is 5.69 Å². The zero-order chi connectivity index (χ0) is 18.8. The third-order valence-corrected chi connectivity index (χ3v) is 3.65. The Morgan fingerprint density at radius 3 is 2.12 bits per heavy atom. The van der Waals surface area contributed by atoms with Crippen LogP contribution in [-0.4, -0.2) is 4.92 Å². The third-order valence-electron chi connectivity index (χ3n) is 3.65. The van der Waals surface area contributed by atoms with Crippen LogP contribution in [-0.2, 0) is 18.2 Å². The molecular weight excluding hydrogens is 335 g/mol. The average Bonchev–Trinajstić information content (AvgIpc) is 2.51. The quantitative estimate of drug-likeness (QED) is 0.539. The van der Waals surface area contributed by atoms with E-state index < -0.39 is 27.8 Å². The number of nitrogens with zero attached hydrogens (tertiary/aromatic N) is 1. The molecule has 0 aliphatic rings. The van der Waals surface area contributed by atoms with Gasteiger partial charge in [-0.3, -0.25) is 10.1 Å². The highest BCUT2D eigenvalue weighted by molar-refractivity contribution is 5.54. The highest BCUT2D eigenvalue weighted by atomic mass is 19.4. The molecule has 0 aromatic heterocycles. The van der Waals surface area contributed by atoms with Gasteiger partial charge < -0.3 is 4.74 Å². The molecule has 2 aromatic carbocycles. The predicted molar refractivity (Wildman–Crippen MR) is 87.6 cm³/mol. The summed E-state index contributed by atoms with van der Waals surface area (Å²) in [5.74, 6) is 0.0797. The SMILES string of the molecule is CC(C)(C)c1cc(C(F)(F)F)c([N+](=O)[O-])cc1OCc1ccccc1. The topological polar surface area (TPSA) is 52.4 Å². The van der Waals surface area contributed by atoms with Gasteiger partial charge in [0.05, 0.1) is 11.0 Å². The van der Waals surface area contributed by atoms with Crippen molar-refractivity contribution >= 4 is 5.69 Å². The molecule has 0 saturated heterocycles. The summed E-state index contributed by atoms with van der Waals surface area (Å²) in [5, 5.41) is 11.1. The number of halogens is 3. The number of benzene rings is 2. The van der Waals surface area contributed by atoms with Crippen LogP contribution in [0.3, 0.4) is 0 Å². The molecule has 2 rings (SSSR count). The Morgan fingerprint density at radius 1 is 1.04 bits per heavy atom. The highest BCUT2D eigenvalue weighted by Gasteiger charge is 2.40. The molecule has 0 heterocycles. The van der Waals surface area contributed by atoms with Crippen molar-refractivity contribution in [1.29, 1.82) is 0 Å². The standard InChI is InChI=1S/C18H18F3NO3/c1-17(2,3)14-9-13(18(19,20)21)15(22(23)24)10-16(14)25-11-12-7-5-4-6-8-12/h4-10H,11H2,1-3H3.